The largest absolute Gasteiger partial charge is 0.374 e. The fraction of sp³-hybridized carbons (Fsp3) is 0.100. The lowest BCUT2D eigenvalue weighted by atomic mass is 10.2. The van der Waals surface area contributed by atoms with E-state index in [1.165, 1.54) is 11.3 Å². The van der Waals surface area contributed by atoms with E-state index in [0.29, 0.717) is 6.54 Å². The fourth-order valence-corrected chi connectivity index (χ4v) is 1.86. The second kappa shape index (κ2) is 4.88. The van der Waals surface area contributed by atoms with Crippen molar-refractivity contribution in [1.29, 1.82) is 0 Å². The van der Waals surface area contributed by atoms with Crippen LogP contribution in [0.3, 0.4) is 0 Å². The third-order valence-corrected chi connectivity index (χ3v) is 2.87. The average molecular weight is 253 g/mol. The minimum Gasteiger partial charge on any atom is -0.374 e. The third-order valence-electron chi connectivity index (χ3n) is 2.09. The molecule has 17 heavy (non-hydrogen) atoms. The number of hydrogen-bond acceptors (Lipinski definition) is 5. The lowest BCUT2D eigenvalue weighted by Crippen LogP contribution is -2.02. The van der Waals surface area contributed by atoms with E-state index >= 15 is 0 Å². The molecule has 0 amide bonds. The first kappa shape index (κ1) is 11.5. The van der Waals surface area contributed by atoms with Gasteiger partial charge in [0, 0.05) is 23.2 Å². The van der Waals surface area contributed by atoms with Gasteiger partial charge >= 0.3 is 0 Å². The van der Waals surface area contributed by atoms with E-state index in [2.05, 4.69) is 10.3 Å². The highest BCUT2D eigenvalue weighted by Gasteiger charge is 2.14. The van der Waals surface area contributed by atoms with Crippen LogP contribution in [0.1, 0.15) is 4.88 Å². The van der Waals surface area contributed by atoms with Crippen molar-refractivity contribution in [2.75, 3.05) is 5.32 Å². The molecule has 0 saturated carbocycles. The van der Waals surface area contributed by atoms with E-state index in [9.17, 15) is 14.5 Å². The smallest absolute Gasteiger partial charge is 0.292 e. The fourth-order valence-electron chi connectivity index (χ4n) is 1.32. The summed E-state index contributed by atoms with van der Waals surface area (Å²) in [6, 6.07) is 3.32. The Balaban J connectivity index is 2.19. The number of rotatable bonds is 4. The summed E-state index contributed by atoms with van der Waals surface area (Å²) >= 11 is 1.42. The minimum absolute atomic E-state index is 0.143. The van der Waals surface area contributed by atoms with Crippen LogP contribution in [0, 0.1) is 15.9 Å². The summed E-state index contributed by atoms with van der Waals surface area (Å²) in [6.45, 7) is 0.384. The molecule has 88 valence electrons. The van der Waals surface area contributed by atoms with Gasteiger partial charge in [0.05, 0.1) is 17.0 Å². The van der Waals surface area contributed by atoms with Gasteiger partial charge in [-0.1, -0.05) is 0 Å². The number of nitro benzene ring substituents is 1. The van der Waals surface area contributed by atoms with Crippen LogP contribution in [0.2, 0.25) is 0 Å². The number of anilines is 1. The van der Waals surface area contributed by atoms with Crippen LogP contribution >= 0.6 is 11.3 Å². The van der Waals surface area contributed by atoms with E-state index in [0.717, 1.165) is 23.1 Å². The van der Waals surface area contributed by atoms with E-state index < -0.39 is 10.7 Å². The Hall–Kier alpha value is -2.02. The Morgan fingerprint density at radius 3 is 3.00 bits per heavy atom. The molecule has 1 aromatic carbocycles. The first-order valence-corrected chi connectivity index (χ1v) is 5.60. The standard InChI is InChI=1S/C10H8FN3O2S/c11-7-1-2-10(14(15)16)9(3-7)13-5-8-4-12-6-17-8/h1-4,6,13H,5H2. The molecule has 2 rings (SSSR count). The Labute approximate surface area is 100 Å². The summed E-state index contributed by atoms with van der Waals surface area (Å²) in [5, 5.41) is 13.6. The van der Waals surface area contributed by atoms with Crippen LogP contribution in [-0.4, -0.2) is 9.91 Å². The topological polar surface area (TPSA) is 68.1 Å². The minimum atomic E-state index is -0.547. The third kappa shape index (κ3) is 2.76. The summed E-state index contributed by atoms with van der Waals surface area (Å²) in [4.78, 5) is 15.0. The molecule has 0 fully saturated rings. The molecule has 5 nitrogen and oxygen atoms in total. The van der Waals surface area contributed by atoms with Crippen LogP contribution < -0.4 is 5.32 Å². The maximum atomic E-state index is 13.0. The van der Waals surface area contributed by atoms with E-state index in [4.69, 9.17) is 0 Å². The maximum absolute atomic E-state index is 13.0. The van der Waals surface area contributed by atoms with Gasteiger partial charge in [0.15, 0.2) is 0 Å². The van der Waals surface area contributed by atoms with Crippen LogP contribution in [0.4, 0.5) is 15.8 Å². The van der Waals surface area contributed by atoms with Gasteiger partial charge in [-0.2, -0.15) is 0 Å². The zero-order valence-corrected chi connectivity index (χ0v) is 9.41. The van der Waals surface area contributed by atoms with Crippen molar-refractivity contribution in [1.82, 2.24) is 4.98 Å². The van der Waals surface area contributed by atoms with Crippen LogP contribution in [0.15, 0.2) is 29.9 Å². The maximum Gasteiger partial charge on any atom is 0.292 e. The SMILES string of the molecule is O=[N+]([O-])c1ccc(F)cc1NCc1cncs1. The summed E-state index contributed by atoms with van der Waals surface area (Å²) in [6.07, 6.45) is 1.66. The highest BCUT2D eigenvalue weighted by Crippen LogP contribution is 2.25. The molecule has 1 N–H and O–H groups in total. The molecule has 0 radical (unpaired) electrons. The first-order valence-electron chi connectivity index (χ1n) is 4.72. The van der Waals surface area contributed by atoms with Gasteiger partial charge in [-0.3, -0.25) is 15.1 Å². The molecule has 0 aliphatic heterocycles. The molecule has 2 aromatic rings. The van der Waals surface area contributed by atoms with Gasteiger partial charge < -0.3 is 5.32 Å². The van der Waals surface area contributed by atoms with Gasteiger partial charge in [0.25, 0.3) is 5.69 Å². The molecule has 0 bridgehead atoms. The van der Waals surface area contributed by atoms with Crippen LogP contribution in [0.5, 0.6) is 0 Å². The number of aromatic nitrogens is 1. The van der Waals surface area contributed by atoms with Crippen molar-refractivity contribution in [3.63, 3.8) is 0 Å². The number of nitrogens with zero attached hydrogens (tertiary/aromatic N) is 2. The number of halogens is 1. The summed E-state index contributed by atoms with van der Waals surface area (Å²) in [7, 11) is 0. The zero-order chi connectivity index (χ0) is 12.3. The first-order chi connectivity index (χ1) is 8.16. The van der Waals surface area contributed by atoms with Gasteiger partial charge in [-0.25, -0.2) is 4.39 Å². The molecule has 1 aromatic heterocycles. The Morgan fingerprint density at radius 2 is 2.35 bits per heavy atom. The molecule has 7 heteroatoms. The number of thiazole rings is 1. The second-order valence-corrected chi connectivity index (χ2v) is 4.21. The Bertz CT molecular complexity index is 530. The molecule has 0 unspecified atom stereocenters. The Kier molecular flexibility index (Phi) is 3.29. The van der Waals surface area contributed by atoms with E-state index in [1.54, 1.807) is 11.7 Å². The van der Waals surface area contributed by atoms with Gasteiger partial charge in [-0.05, 0) is 6.07 Å². The van der Waals surface area contributed by atoms with Crippen molar-refractivity contribution in [3.05, 3.63) is 50.7 Å². The van der Waals surface area contributed by atoms with Crippen molar-refractivity contribution in [2.45, 2.75) is 6.54 Å². The predicted octanol–water partition coefficient (Wildman–Crippen LogP) is 2.80. The molecular formula is C10H8FN3O2S. The molecule has 0 spiro atoms. The predicted molar refractivity (Wildman–Crippen MR) is 62.5 cm³/mol. The molecule has 0 aliphatic carbocycles. The normalized spacial score (nSPS) is 10.2. The highest BCUT2D eigenvalue weighted by molar-refractivity contribution is 7.09. The monoisotopic (exact) mass is 253 g/mol. The van der Waals surface area contributed by atoms with E-state index in [1.807, 2.05) is 0 Å². The van der Waals surface area contributed by atoms with Gasteiger partial charge in [0.2, 0.25) is 0 Å². The highest BCUT2D eigenvalue weighted by atomic mass is 32.1. The van der Waals surface area contributed by atoms with Gasteiger partial charge in [-0.15, -0.1) is 11.3 Å². The summed E-state index contributed by atoms with van der Waals surface area (Å²) in [5.41, 5.74) is 1.69. The molecule has 0 saturated heterocycles. The number of hydrogen-bond donors (Lipinski definition) is 1. The number of nitro groups is 1. The molecule has 0 atom stereocenters. The zero-order valence-electron chi connectivity index (χ0n) is 8.59. The molecular weight excluding hydrogens is 245 g/mol. The van der Waals surface area contributed by atoms with E-state index in [-0.39, 0.29) is 11.4 Å². The number of nitrogens with one attached hydrogen (secondary N) is 1. The van der Waals surface area contributed by atoms with Crippen LogP contribution in [-0.2, 0) is 6.54 Å². The summed E-state index contributed by atoms with van der Waals surface area (Å²) in [5.74, 6) is -0.512. The quantitative estimate of drug-likeness (QED) is 0.672. The average Bonchev–Trinajstić information content (AvgIpc) is 2.78. The number of benzene rings is 1. The lowest BCUT2D eigenvalue weighted by molar-refractivity contribution is -0.384. The van der Waals surface area contributed by atoms with Crippen molar-refractivity contribution < 1.29 is 9.31 Å². The molecule has 0 aliphatic rings. The van der Waals surface area contributed by atoms with Crippen molar-refractivity contribution in [2.24, 2.45) is 0 Å². The van der Waals surface area contributed by atoms with Gasteiger partial charge in [0.1, 0.15) is 11.5 Å². The summed E-state index contributed by atoms with van der Waals surface area (Å²) < 4.78 is 13.0. The second-order valence-electron chi connectivity index (χ2n) is 3.24. The van der Waals surface area contributed by atoms with Crippen molar-refractivity contribution >= 4 is 22.7 Å². The Morgan fingerprint density at radius 1 is 1.53 bits per heavy atom. The molecule has 1 heterocycles. The van der Waals surface area contributed by atoms with Crippen molar-refractivity contribution in [3.8, 4) is 0 Å². The lowest BCUT2D eigenvalue weighted by Gasteiger charge is -2.05. The van der Waals surface area contributed by atoms with Crippen LogP contribution in [0.25, 0.3) is 0 Å².